The average molecular weight is 343 g/mol. The zero-order chi connectivity index (χ0) is 17.3. The number of rotatable bonds is 5. The van der Waals surface area contributed by atoms with Gasteiger partial charge in [0.2, 0.25) is 0 Å². The van der Waals surface area contributed by atoms with Gasteiger partial charge in [-0.3, -0.25) is 9.20 Å². The fraction of sp³-hybridized carbons (Fsp3) is 0.222. The van der Waals surface area contributed by atoms with Crippen LogP contribution in [0.2, 0.25) is 0 Å². The molecule has 0 N–H and O–H groups in total. The Morgan fingerprint density at radius 2 is 2.25 bits per heavy atom. The van der Waals surface area contributed by atoms with E-state index < -0.39 is 0 Å². The van der Waals surface area contributed by atoms with Crippen molar-refractivity contribution in [1.82, 2.24) is 14.3 Å². The average Bonchev–Trinajstić information content (AvgIpc) is 3.12. The third-order valence-electron chi connectivity index (χ3n) is 3.68. The van der Waals surface area contributed by atoms with E-state index in [0.717, 1.165) is 5.57 Å². The Hall–Kier alpha value is -2.47. The van der Waals surface area contributed by atoms with Gasteiger partial charge in [-0.05, 0) is 26.0 Å². The zero-order valence-electron chi connectivity index (χ0n) is 13.6. The fourth-order valence-corrected chi connectivity index (χ4v) is 3.39. The lowest BCUT2D eigenvalue weighted by molar-refractivity contribution is 0.0772. The number of aromatic nitrogens is 2. The van der Waals surface area contributed by atoms with Crippen molar-refractivity contribution >= 4 is 22.2 Å². The Bertz CT molecular complexity index is 912. The third-order valence-corrected chi connectivity index (χ3v) is 4.52. The number of benzene rings is 1. The maximum Gasteiger partial charge on any atom is 0.272 e. The van der Waals surface area contributed by atoms with Gasteiger partial charge in [0, 0.05) is 30.2 Å². The highest BCUT2D eigenvalue weighted by Crippen LogP contribution is 2.25. The first-order chi connectivity index (χ1) is 11.5. The van der Waals surface area contributed by atoms with Crippen molar-refractivity contribution in [1.29, 1.82) is 0 Å². The summed E-state index contributed by atoms with van der Waals surface area (Å²) in [6.45, 7) is 8.85. The van der Waals surface area contributed by atoms with Gasteiger partial charge in [-0.2, -0.15) is 0 Å². The van der Waals surface area contributed by atoms with Crippen molar-refractivity contribution in [2.45, 2.75) is 13.8 Å². The molecule has 0 aliphatic heterocycles. The van der Waals surface area contributed by atoms with Crippen LogP contribution in [0.4, 0.5) is 4.39 Å². The normalized spacial score (nSPS) is 11.0. The maximum atomic E-state index is 13.4. The van der Waals surface area contributed by atoms with Crippen molar-refractivity contribution in [3.63, 3.8) is 0 Å². The van der Waals surface area contributed by atoms with E-state index in [9.17, 15) is 9.18 Å². The van der Waals surface area contributed by atoms with E-state index in [0.29, 0.717) is 35.0 Å². The SMILES string of the molecule is C=C(C)CN(CC)C(=O)c1csc2nc(-c3cccc(F)c3)cn12. The van der Waals surface area contributed by atoms with Crippen LogP contribution in [0, 0.1) is 5.82 Å². The number of carbonyl (C=O) groups excluding carboxylic acids is 1. The zero-order valence-corrected chi connectivity index (χ0v) is 14.4. The molecule has 2 aromatic heterocycles. The van der Waals surface area contributed by atoms with Gasteiger partial charge in [-0.25, -0.2) is 9.37 Å². The summed E-state index contributed by atoms with van der Waals surface area (Å²) in [6, 6.07) is 6.28. The van der Waals surface area contributed by atoms with Gasteiger partial charge in [-0.15, -0.1) is 11.3 Å². The van der Waals surface area contributed by atoms with E-state index in [1.165, 1.54) is 23.5 Å². The summed E-state index contributed by atoms with van der Waals surface area (Å²) < 4.78 is 15.2. The minimum absolute atomic E-state index is 0.0602. The number of fused-ring (bicyclic) bond motifs is 1. The predicted octanol–water partition coefficient (Wildman–Crippen LogP) is 4.24. The van der Waals surface area contributed by atoms with Gasteiger partial charge >= 0.3 is 0 Å². The summed E-state index contributed by atoms with van der Waals surface area (Å²) in [5.41, 5.74) is 2.84. The first-order valence-electron chi connectivity index (χ1n) is 7.65. The number of amides is 1. The highest BCUT2D eigenvalue weighted by atomic mass is 32.1. The molecule has 2 heterocycles. The molecule has 0 bridgehead atoms. The van der Waals surface area contributed by atoms with Crippen LogP contribution in [0.25, 0.3) is 16.2 Å². The van der Waals surface area contributed by atoms with E-state index in [-0.39, 0.29) is 11.7 Å². The number of carbonyl (C=O) groups is 1. The Morgan fingerprint density at radius 1 is 1.46 bits per heavy atom. The molecular formula is C18H18FN3OS. The number of nitrogens with zero attached hydrogens (tertiary/aromatic N) is 3. The lowest BCUT2D eigenvalue weighted by atomic mass is 10.2. The molecule has 0 aliphatic rings. The summed E-state index contributed by atoms with van der Waals surface area (Å²) in [6.07, 6.45) is 1.78. The second-order valence-electron chi connectivity index (χ2n) is 5.69. The molecule has 0 atom stereocenters. The van der Waals surface area contributed by atoms with Crippen LogP contribution in [-0.2, 0) is 0 Å². The number of hydrogen-bond donors (Lipinski definition) is 0. The van der Waals surface area contributed by atoms with Gasteiger partial charge in [0.1, 0.15) is 11.5 Å². The molecule has 0 saturated carbocycles. The molecule has 4 nitrogen and oxygen atoms in total. The molecule has 0 aliphatic carbocycles. The summed E-state index contributed by atoms with van der Waals surface area (Å²) in [4.78, 5) is 19.7. The van der Waals surface area contributed by atoms with Crippen LogP contribution in [-0.4, -0.2) is 33.3 Å². The Kier molecular flexibility index (Phi) is 4.49. The van der Waals surface area contributed by atoms with E-state index in [1.807, 2.05) is 13.8 Å². The van der Waals surface area contributed by atoms with E-state index in [1.54, 1.807) is 33.0 Å². The topological polar surface area (TPSA) is 37.6 Å². The lowest BCUT2D eigenvalue weighted by Gasteiger charge is -2.20. The molecule has 1 amide bonds. The molecule has 3 rings (SSSR count). The van der Waals surface area contributed by atoms with Crippen molar-refractivity contribution in [2.24, 2.45) is 0 Å². The van der Waals surface area contributed by atoms with Crippen LogP contribution in [0.5, 0.6) is 0 Å². The Labute approximate surface area is 143 Å². The number of thiazole rings is 1. The molecule has 0 fully saturated rings. The molecule has 124 valence electrons. The van der Waals surface area contributed by atoms with Gasteiger partial charge in [-0.1, -0.05) is 24.3 Å². The van der Waals surface area contributed by atoms with Crippen LogP contribution in [0.15, 0.2) is 48.0 Å². The lowest BCUT2D eigenvalue weighted by Crippen LogP contribution is -2.32. The minimum Gasteiger partial charge on any atom is -0.334 e. The summed E-state index contributed by atoms with van der Waals surface area (Å²) in [5, 5.41) is 1.81. The van der Waals surface area contributed by atoms with Gasteiger partial charge in [0.15, 0.2) is 4.96 Å². The maximum absolute atomic E-state index is 13.4. The molecule has 0 saturated heterocycles. The Morgan fingerprint density at radius 3 is 2.92 bits per heavy atom. The van der Waals surface area contributed by atoms with E-state index in [4.69, 9.17) is 0 Å². The largest absolute Gasteiger partial charge is 0.334 e. The molecule has 24 heavy (non-hydrogen) atoms. The molecule has 0 unspecified atom stereocenters. The molecule has 1 aromatic carbocycles. The van der Waals surface area contributed by atoms with Crippen LogP contribution in [0.3, 0.4) is 0 Å². The highest BCUT2D eigenvalue weighted by Gasteiger charge is 2.20. The first kappa shape index (κ1) is 16.4. The fourth-order valence-electron chi connectivity index (χ4n) is 2.54. The smallest absolute Gasteiger partial charge is 0.272 e. The number of imidazole rings is 1. The van der Waals surface area contributed by atoms with Crippen LogP contribution < -0.4 is 0 Å². The molecule has 0 spiro atoms. The van der Waals surface area contributed by atoms with Crippen molar-refractivity contribution in [3.05, 3.63) is 59.5 Å². The minimum atomic E-state index is -0.307. The van der Waals surface area contributed by atoms with Crippen molar-refractivity contribution in [3.8, 4) is 11.3 Å². The number of likely N-dealkylation sites (N-methyl/N-ethyl adjacent to an activating group) is 1. The van der Waals surface area contributed by atoms with Gasteiger partial charge in [0.05, 0.1) is 5.69 Å². The second kappa shape index (κ2) is 6.57. The van der Waals surface area contributed by atoms with Crippen LogP contribution >= 0.6 is 11.3 Å². The first-order valence-corrected chi connectivity index (χ1v) is 8.53. The third kappa shape index (κ3) is 3.10. The summed E-state index contributed by atoms with van der Waals surface area (Å²) in [7, 11) is 0. The molecule has 0 radical (unpaired) electrons. The van der Waals surface area contributed by atoms with E-state index >= 15 is 0 Å². The van der Waals surface area contributed by atoms with Gasteiger partial charge in [0.25, 0.3) is 5.91 Å². The number of hydrogen-bond acceptors (Lipinski definition) is 3. The summed E-state index contributed by atoms with van der Waals surface area (Å²) in [5.74, 6) is -0.367. The predicted molar refractivity (Wildman–Crippen MR) is 94.9 cm³/mol. The standard InChI is InChI=1S/C18H18FN3OS/c1-4-21(9-12(2)3)17(23)16-11-24-18-20-15(10-22(16)18)13-6-5-7-14(19)8-13/h5-8,10-11H,2,4,9H2,1,3H3. The van der Waals surface area contributed by atoms with Gasteiger partial charge < -0.3 is 4.90 Å². The van der Waals surface area contributed by atoms with Crippen LogP contribution in [0.1, 0.15) is 24.3 Å². The van der Waals surface area contributed by atoms with Crippen molar-refractivity contribution in [2.75, 3.05) is 13.1 Å². The van der Waals surface area contributed by atoms with E-state index in [2.05, 4.69) is 11.6 Å². The monoisotopic (exact) mass is 343 g/mol. The Balaban J connectivity index is 1.98. The molecular weight excluding hydrogens is 325 g/mol. The molecule has 3 aromatic rings. The second-order valence-corrected chi connectivity index (χ2v) is 6.52. The highest BCUT2D eigenvalue weighted by molar-refractivity contribution is 7.15. The van der Waals surface area contributed by atoms with Crippen molar-refractivity contribution < 1.29 is 9.18 Å². The quantitative estimate of drug-likeness (QED) is 0.650. The summed E-state index contributed by atoms with van der Waals surface area (Å²) >= 11 is 1.40. The number of halogens is 1. The molecule has 6 heteroatoms.